The molecule has 0 atom stereocenters. The van der Waals surface area contributed by atoms with Crippen molar-refractivity contribution in [1.29, 1.82) is 0 Å². The molecule has 3 aromatic rings. The van der Waals surface area contributed by atoms with Crippen molar-refractivity contribution in [2.24, 2.45) is 0 Å². The van der Waals surface area contributed by atoms with Crippen LogP contribution in [-0.4, -0.2) is 11.8 Å². The Bertz CT molecular complexity index is 1060. The van der Waals surface area contributed by atoms with E-state index in [0.29, 0.717) is 34.0 Å². The second-order valence-corrected chi connectivity index (χ2v) is 6.59. The van der Waals surface area contributed by atoms with Crippen molar-refractivity contribution in [3.05, 3.63) is 82.9 Å². The van der Waals surface area contributed by atoms with Gasteiger partial charge in [-0.25, -0.2) is 0 Å². The summed E-state index contributed by atoms with van der Waals surface area (Å²) in [6.07, 6.45) is 0. The first kappa shape index (κ1) is 16.8. The molecule has 0 spiro atoms. The molecule has 1 heterocycles. The third-order valence-corrected chi connectivity index (χ3v) is 4.40. The lowest BCUT2D eigenvalue weighted by atomic mass is 10.1. The molecule has 3 aromatic carbocycles. The van der Waals surface area contributed by atoms with E-state index < -0.39 is 0 Å². The number of benzene rings is 3. The van der Waals surface area contributed by atoms with Crippen molar-refractivity contribution in [2.75, 3.05) is 10.6 Å². The first-order valence-electron chi connectivity index (χ1n) is 8.61. The Morgan fingerprint density at radius 3 is 2.41 bits per heavy atom. The maximum Gasteiger partial charge on any atom is 0.259 e. The van der Waals surface area contributed by atoms with Gasteiger partial charge in [0.05, 0.1) is 11.3 Å². The molecule has 2 amide bonds. The highest BCUT2D eigenvalue weighted by Gasteiger charge is 2.21. The van der Waals surface area contributed by atoms with Crippen LogP contribution in [-0.2, 0) is 0 Å². The zero-order chi connectivity index (χ0) is 19.0. The van der Waals surface area contributed by atoms with Crippen LogP contribution >= 0.6 is 0 Å². The smallest absolute Gasteiger partial charge is 0.259 e. The number of amides is 2. The van der Waals surface area contributed by atoms with Crippen LogP contribution < -0.4 is 15.4 Å². The summed E-state index contributed by atoms with van der Waals surface area (Å²) >= 11 is 0. The van der Waals surface area contributed by atoms with Gasteiger partial charge in [0.1, 0.15) is 5.75 Å². The molecule has 0 saturated carbocycles. The van der Waals surface area contributed by atoms with Gasteiger partial charge < -0.3 is 15.4 Å². The minimum absolute atomic E-state index is 0.233. The Morgan fingerprint density at radius 1 is 0.889 bits per heavy atom. The number of rotatable bonds is 2. The Labute approximate surface area is 157 Å². The van der Waals surface area contributed by atoms with E-state index in [4.69, 9.17) is 4.74 Å². The zero-order valence-corrected chi connectivity index (χ0v) is 15.0. The fourth-order valence-corrected chi connectivity index (χ4v) is 2.91. The number of carbonyl (C=O) groups is 2. The number of ether oxygens (including phenoxy) is 1. The van der Waals surface area contributed by atoms with E-state index in [-0.39, 0.29) is 11.8 Å². The molecule has 1 aliphatic heterocycles. The van der Waals surface area contributed by atoms with Crippen LogP contribution in [0.3, 0.4) is 0 Å². The van der Waals surface area contributed by atoms with Gasteiger partial charge in [0.2, 0.25) is 0 Å². The lowest BCUT2D eigenvalue weighted by Crippen LogP contribution is -2.14. The van der Waals surface area contributed by atoms with Crippen molar-refractivity contribution in [3.8, 4) is 11.5 Å². The number of hydrogen-bond acceptors (Lipinski definition) is 3. The van der Waals surface area contributed by atoms with Crippen LogP contribution in [0.2, 0.25) is 0 Å². The minimum Gasteiger partial charge on any atom is -0.454 e. The fraction of sp³-hybridized carbons (Fsp3) is 0.0909. The summed E-state index contributed by atoms with van der Waals surface area (Å²) in [6, 6.07) is 17.9. The highest BCUT2D eigenvalue weighted by molar-refractivity contribution is 6.10. The number of fused-ring (bicyclic) bond motifs is 2. The number of hydrogen-bond donors (Lipinski definition) is 2. The summed E-state index contributed by atoms with van der Waals surface area (Å²) in [6.45, 7) is 3.92. The van der Waals surface area contributed by atoms with Gasteiger partial charge in [0.15, 0.2) is 5.75 Å². The zero-order valence-electron chi connectivity index (χ0n) is 15.0. The summed E-state index contributed by atoms with van der Waals surface area (Å²) in [7, 11) is 0. The average molecular weight is 358 g/mol. The third kappa shape index (κ3) is 3.40. The van der Waals surface area contributed by atoms with Crippen LogP contribution in [0.1, 0.15) is 31.8 Å². The van der Waals surface area contributed by atoms with Crippen LogP contribution in [0.4, 0.5) is 11.4 Å². The first-order valence-corrected chi connectivity index (χ1v) is 8.61. The molecule has 5 nitrogen and oxygen atoms in total. The van der Waals surface area contributed by atoms with Gasteiger partial charge in [-0.15, -0.1) is 0 Å². The van der Waals surface area contributed by atoms with Crippen molar-refractivity contribution >= 4 is 23.2 Å². The molecular formula is C22H18N2O3. The van der Waals surface area contributed by atoms with Crippen LogP contribution in [0.15, 0.2) is 60.7 Å². The Hall–Kier alpha value is -3.60. The van der Waals surface area contributed by atoms with Crippen LogP contribution in [0.5, 0.6) is 11.5 Å². The quantitative estimate of drug-likeness (QED) is 0.684. The summed E-state index contributed by atoms with van der Waals surface area (Å²) < 4.78 is 5.92. The molecule has 1 aliphatic rings. The van der Waals surface area contributed by atoms with E-state index >= 15 is 0 Å². The van der Waals surface area contributed by atoms with E-state index in [1.807, 2.05) is 44.2 Å². The molecular weight excluding hydrogens is 340 g/mol. The molecule has 5 heteroatoms. The van der Waals surface area contributed by atoms with Crippen molar-refractivity contribution in [2.45, 2.75) is 13.8 Å². The number of carbonyl (C=O) groups excluding carboxylic acids is 2. The van der Waals surface area contributed by atoms with Crippen molar-refractivity contribution in [1.82, 2.24) is 0 Å². The average Bonchev–Trinajstić information content (AvgIpc) is 2.78. The lowest BCUT2D eigenvalue weighted by Gasteiger charge is -2.10. The normalized spacial score (nSPS) is 12.1. The van der Waals surface area contributed by atoms with Crippen LogP contribution in [0.25, 0.3) is 0 Å². The van der Waals surface area contributed by atoms with E-state index in [1.54, 1.807) is 30.3 Å². The SMILES string of the molecule is Cc1ccc(C(=O)Nc2ccc3c(c2)C(=O)Nc2ccc(C)cc2O3)cc1. The van der Waals surface area contributed by atoms with Gasteiger partial charge >= 0.3 is 0 Å². The maximum absolute atomic E-state index is 12.6. The summed E-state index contributed by atoms with van der Waals surface area (Å²) in [4.78, 5) is 25.0. The van der Waals surface area contributed by atoms with Gasteiger partial charge in [-0.1, -0.05) is 23.8 Å². The monoisotopic (exact) mass is 358 g/mol. The molecule has 4 rings (SSSR count). The van der Waals surface area contributed by atoms with Crippen molar-refractivity contribution in [3.63, 3.8) is 0 Å². The number of aryl methyl sites for hydroxylation is 2. The Morgan fingerprint density at radius 2 is 1.63 bits per heavy atom. The first-order chi connectivity index (χ1) is 13.0. The summed E-state index contributed by atoms with van der Waals surface area (Å²) in [5.74, 6) is 0.534. The molecule has 2 N–H and O–H groups in total. The Kier molecular flexibility index (Phi) is 4.12. The number of nitrogens with one attached hydrogen (secondary N) is 2. The molecule has 0 saturated heterocycles. The van der Waals surface area contributed by atoms with Gasteiger partial charge in [0, 0.05) is 11.3 Å². The van der Waals surface area contributed by atoms with Gasteiger partial charge in [-0.05, 0) is 61.9 Å². The van der Waals surface area contributed by atoms with Gasteiger partial charge in [-0.2, -0.15) is 0 Å². The second kappa shape index (κ2) is 6.61. The highest BCUT2D eigenvalue weighted by atomic mass is 16.5. The van der Waals surface area contributed by atoms with Gasteiger partial charge in [0.25, 0.3) is 11.8 Å². The van der Waals surface area contributed by atoms with Crippen molar-refractivity contribution < 1.29 is 14.3 Å². The second-order valence-electron chi connectivity index (χ2n) is 6.59. The van der Waals surface area contributed by atoms with E-state index in [9.17, 15) is 9.59 Å². The molecule has 0 unspecified atom stereocenters. The molecule has 0 fully saturated rings. The third-order valence-electron chi connectivity index (χ3n) is 4.40. The molecule has 0 bridgehead atoms. The van der Waals surface area contributed by atoms with E-state index in [1.165, 1.54) is 0 Å². The predicted molar refractivity (Wildman–Crippen MR) is 105 cm³/mol. The molecule has 0 aromatic heterocycles. The van der Waals surface area contributed by atoms with Crippen LogP contribution in [0, 0.1) is 13.8 Å². The summed E-state index contributed by atoms with van der Waals surface area (Å²) in [5, 5.41) is 5.67. The number of anilines is 2. The molecule has 0 aliphatic carbocycles. The van der Waals surface area contributed by atoms with E-state index in [2.05, 4.69) is 10.6 Å². The fourth-order valence-electron chi connectivity index (χ4n) is 2.91. The highest BCUT2D eigenvalue weighted by Crippen LogP contribution is 2.37. The lowest BCUT2D eigenvalue weighted by molar-refractivity contribution is 0.101. The minimum atomic E-state index is -0.279. The summed E-state index contributed by atoms with van der Waals surface area (Å²) in [5.41, 5.74) is 4.19. The molecule has 134 valence electrons. The molecule has 0 radical (unpaired) electrons. The van der Waals surface area contributed by atoms with E-state index in [0.717, 1.165) is 11.1 Å². The topological polar surface area (TPSA) is 67.4 Å². The largest absolute Gasteiger partial charge is 0.454 e. The standard InChI is InChI=1S/C22H18N2O3/c1-13-3-6-15(7-4-13)21(25)23-16-8-10-19-17(12-16)22(26)24-18-9-5-14(2)11-20(18)27-19/h3-12H,1-2H3,(H,23,25)(H,24,26). The Balaban J connectivity index is 1.62. The molecule has 27 heavy (non-hydrogen) atoms. The van der Waals surface area contributed by atoms with Gasteiger partial charge in [-0.3, -0.25) is 9.59 Å². The predicted octanol–water partition coefficient (Wildman–Crippen LogP) is 4.91. The maximum atomic E-state index is 12.6.